The molecule has 2 rings (SSSR count). The van der Waals surface area contributed by atoms with Crippen molar-refractivity contribution in [1.82, 2.24) is 9.78 Å². The summed E-state index contributed by atoms with van der Waals surface area (Å²) in [6.45, 7) is 3.50. The molecule has 6 heteroatoms. The van der Waals surface area contributed by atoms with Crippen LogP contribution >= 0.6 is 0 Å². The van der Waals surface area contributed by atoms with Gasteiger partial charge in [-0.3, -0.25) is 0 Å². The monoisotopic (exact) mass is 283 g/mol. The van der Waals surface area contributed by atoms with Gasteiger partial charge in [0.1, 0.15) is 0 Å². The summed E-state index contributed by atoms with van der Waals surface area (Å²) in [5.74, 6) is 0. The van der Waals surface area contributed by atoms with Crippen molar-refractivity contribution >= 4 is 0 Å². The van der Waals surface area contributed by atoms with E-state index in [1.54, 1.807) is 24.3 Å². The van der Waals surface area contributed by atoms with Crippen molar-refractivity contribution < 1.29 is 13.2 Å². The molecular weight excluding hydrogens is 267 g/mol. The Bertz CT molecular complexity index is 583. The number of hydrogen-bond acceptors (Lipinski definition) is 2. The third-order valence-corrected chi connectivity index (χ3v) is 3.15. The van der Waals surface area contributed by atoms with Gasteiger partial charge in [0, 0.05) is 11.6 Å². The van der Waals surface area contributed by atoms with Crippen molar-refractivity contribution in [2.45, 2.75) is 32.5 Å². The van der Waals surface area contributed by atoms with Crippen LogP contribution in [0.1, 0.15) is 36.7 Å². The fourth-order valence-corrected chi connectivity index (χ4v) is 2.05. The fraction of sp³-hybridized carbons (Fsp3) is 0.357. The molecule has 2 aromatic rings. The number of rotatable bonds is 3. The number of alkyl halides is 3. The highest BCUT2D eigenvalue weighted by Crippen LogP contribution is 2.35. The predicted molar refractivity (Wildman–Crippen MR) is 70.5 cm³/mol. The highest BCUT2D eigenvalue weighted by Gasteiger charge is 2.39. The second-order valence-electron chi connectivity index (χ2n) is 4.67. The zero-order valence-corrected chi connectivity index (χ0v) is 11.3. The van der Waals surface area contributed by atoms with Gasteiger partial charge >= 0.3 is 6.18 Å². The van der Waals surface area contributed by atoms with Gasteiger partial charge in [0.2, 0.25) is 0 Å². The molecule has 1 unspecified atom stereocenters. The molecule has 0 saturated heterocycles. The van der Waals surface area contributed by atoms with Crippen LogP contribution in [0, 0.1) is 0 Å². The van der Waals surface area contributed by atoms with Gasteiger partial charge in [0.05, 0.1) is 11.9 Å². The second kappa shape index (κ2) is 5.28. The molecule has 1 atom stereocenters. The van der Waals surface area contributed by atoms with Crippen molar-refractivity contribution in [1.29, 1.82) is 0 Å². The van der Waals surface area contributed by atoms with Crippen molar-refractivity contribution in [3.63, 3.8) is 0 Å². The number of hydrogen-bond donors (Lipinski definition) is 1. The lowest BCUT2D eigenvalue weighted by Crippen LogP contribution is -2.18. The third kappa shape index (κ3) is 2.70. The smallest absolute Gasteiger partial charge is 0.324 e. The highest BCUT2D eigenvalue weighted by atomic mass is 19.4. The highest BCUT2D eigenvalue weighted by molar-refractivity contribution is 5.39. The van der Waals surface area contributed by atoms with Crippen LogP contribution in [0.25, 0.3) is 5.69 Å². The van der Waals surface area contributed by atoms with Gasteiger partial charge in [-0.1, -0.05) is 19.1 Å². The van der Waals surface area contributed by atoms with Gasteiger partial charge in [-0.25, -0.2) is 4.68 Å². The van der Waals surface area contributed by atoms with Gasteiger partial charge < -0.3 is 5.73 Å². The van der Waals surface area contributed by atoms with Crippen LogP contribution in [0.4, 0.5) is 13.2 Å². The predicted octanol–water partition coefficient (Wildman–Crippen LogP) is 3.47. The summed E-state index contributed by atoms with van der Waals surface area (Å²) in [5, 5.41) is 3.85. The Kier molecular flexibility index (Phi) is 3.85. The van der Waals surface area contributed by atoms with Crippen molar-refractivity contribution in [3.8, 4) is 5.69 Å². The maximum atomic E-state index is 13.2. The zero-order chi connectivity index (χ0) is 14.9. The molecule has 0 radical (unpaired) electrons. The summed E-state index contributed by atoms with van der Waals surface area (Å²) in [7, 11) is 0. The lowest BCUT2D eigenvalue weighted by molar-refractivity contribution is -0.143. The topological polar surface area (TPSA) is 43.8 Å². The normalized spacial score (nSPS) is 13.5. The van der Waals surface area contributed by atoms with Crippen LogP contribution in [-0.2, 0) is 12.6 Å². The minimum Gasteiger partial charge on any atom is -0.324 e. The lowest BCUT2D eigenvalue weighted by Gasteiger charge is -2.14. The van der Waals surface area contributed by atoms with E-state index in [4.69, 9.17) is 5.73 Å². The molecule has 0 fully saturated rings. The first-order valence-corrected chi connectivity index (χ1v) is 6.34. The van der Waals surface area contributed by atoms with Crippen LogP contribution < -0.4 is 5.73 Å². The van der Waals surface area contributed by atoms with E-state index in [9.17, 15) is 13.2 Å². The van der Waals surface area contributed by atoms with Crippen molar-refractivity contribution in [2.75, 3.05) is 0 Å². The summed E-state index contributed by atoms with van der Waals surface area (Å²) in [5.41, 5.74) is 6.22. The Morgan fingerprint density at radius 1 is 1.25 bits per heavy atom. The molecule has 0 aliphatic heterocycles. The summed E-state index contributed by atoms with van der Waals surface area (Å²) in [4.78, 5) is 0. The third-order valence-electron chi connectivity index (χ3n) is 3.15. The maximum absolute atomic E-state index is 13.2. The Hall–Kier alpha value is -1.82. The maximum Gasteiger partial charge on any atom is 0.433 e. The number of nitrogens with zero attached hydrogens (tertiary/aromatic N) is 2. The molecule has 1 heterocycles. The van der Waals surface area contributed by atoms with E-state index >= 15 is 0 Å². The number of aryl methyl sites for hydroxylation is 1. The quantitative estimate of drug-likeness (QED) is 0.937. The molecule has 2 N–H and O–H groups in total. The van der Waals surface area contributed by atoms with Gasteiger partial charge in [0.25, 0.3) is 0 Å². The Balaban J connectivity index is 2.56. The Morgan fingerprint density at radius 3 is 2.30 bits per heavy atom. The van der Waals surface area contributed by atoms with E-state index < -0.39 is 17.9 Å². The number of benzene rings is 1. The van der Waals surface area contributed by atoms with Crippen LogP contribution in [0.5, 0.6) is 0 Å². The molecule has 0 aliphatic carbocycles. The van der Waals surface area contributed by atoms with E-state index in [1.807, 2.05) is 6.92 Å². The van der Waals surface area contributed by atoms with Crippen LogP contribution in [0.15, 0.2) is 30.5 Å². The first kappa shape index (κ1) is 14.6. The van der Waals surface area contributed by atoms with Gasteiger partial charge in [-0.05, 0) is 31.0 Å². The molecule has 0 amide bonds. The Labute approximate surface area is 115 Å². The first-order chi connectivity index (χ1) is 9.34. The molecule has 1 aromatic heterocycles. The number of nitrogens with two attached hydrogens (primary N) is 1. The minimum absolute atomic E-state index is 0.00271. The van der Waals surface area contributed by atoms with Gasteiger partial charge in [0.15, 0.2) is 5.69 Å². The first-order valence-electron chi connectivity index (χ1n) is 6.34. The molecule has 0 spiro atoms. The lowest BCUT2D eigenvalue weighted by atomic mass is 10.1. The number of halogens is 3. The van der Waals surface area contributed by atoms with Crippen molar-refractivity contribution in [3.05, 3.63) is 47.3 Å². The van der Waals surface area contributed by atoms with E-state index in [1.165, 1.54) is 13.1 Å². The average molecular weight is 283 g/mol. The summed E-state index contributed by atoms with van der Waals surface area (Å²) >= 11 is 0. The summed E-state index contributed by atoms with van der Waals surface area (Å²) < 4.78 is 40.6. The molecule has 0 saturated carbocycles. The van der Waals surface area contributed by atoms with E-state index in [2.05, 4.69) is 5.10 Å². The SMILES string of the molecule is CCc1ccc(-n2ncc(C(C)N)c2C(F)(F)F)cc1. The second-order valence-corrected chi connectivity index (χ2v) is 4.67. The summed E-state index contributed by atoms with van der Waals surface area (Å²) in [6, 6.07) is 6.12. The fourth-order valence-electron chi connectivity index (χ4n) is 2.05. The van der Waals surface area contributed by atoms with E-state index in [0.717, 1.165) is 16.7 Å². The number of aromatic nitrogens is 2. The average Bonchev–Trinajstić information content (AvgIpc) is 2.83. The van der Waals surface area contributed by atoms with E-state index in [-0.39, 0.29) is 5.56 Å². The largest absolute Gasteiger partial charge is 0.433 e. The van der Waals surface area contributed by atoms with Gasteiger partial charge in [-0.15, -0.1) is 0 Å². The molecule has 1 aromatic carbocycles. The van der Waals surface area contributed by atoms with E-state index in [0.29, 0.717) is 5.69 Å². The zero-order valence-electron chi connectivity index (χ0n) is 11.3. The van der Waals surface area contributed by atoms with Gasteiger partial charge in [-0.2, -0.15) is 18.3 Å². The van der Waals surface area contributed by atoms with Crippen LogP contribution in [0.3, 0.4) is 0 Å². The molecule has 3 nitrogen and oxygen atoms in total. The summed E-state index contributed by atoms with van der Waals surface area (Å²) in [6.07, 6.45) is -2.49. The standard InChI is InChI=1S/C14H16F3N3/c1-3-10-4-6-11(7-5-10)20-13(14(15,16)17)12(8-19-20)9(2)18/h4-9H,3,18H2,1-2H3. The van der Waals surface area contributed by atoms with Crippen LogP contribution in [0.2, 0.25) is 0 Å². The molecule has 20 heavy (non-hydrogen) atoms. The molecule has 0 aliphatic rings. The van der Waals surface area contributed by atoms with Crippen LogP contribution in [-0.4, -0.2) is 9.78 Å². The minimum atomic E-state index is -4.50. The Morgan fingerprint density at radius 2 is 1.85 bits per heavy atom. The molecule has 0 bridgehead atoms. The molecular formula is C14H16F3N3. The molecule has 108 valence electrons. The van der Waals surface area contributed by atoms with Crippen molar-refractivity contribution in [2.24, 2.45) is 5.73 Å².